The van der Waals surface area contributed by atoms with Crippen molar-refractivity contribution in [3.8, 4) is 0 Å². The minimum atomic E-state index is -0.115. The molecule has 0 atom stereocenters. The quantitative estimate of drug-likeness (QED) is 0.358. The van der Waals surface area contributed by atoms with Crippen LogP contribution >= 0.6 is 0 Å². The second kappa shape index (κ2) is 14.5. The molecule has 0 aliphatic rings. The fourth-order valence-corrected chi connectivity index (χ4v) is 1.90. The Hall–Kier alpha value is -1.14. The molecule has 6 nitrogen and oxygen atoms in total. The Bertz CT molecular complexity index is 290. The monoisotopic (exact) mass is 330 g/mol. The average molecular weight is 330 g/mol. The number of carbonyl (C=O) groups excluding carboxylic acids is 2. The summed E-state index contributed by atoms with van der Waals surface area (Å²) < 4.78 is 10.2. The van der Waals surface area contributed by atoms with Gasteiger partial charge in [0.2, 0.25) is 0 Å². The van der Waals surface area contributed by atoms with Crippen LogP contribution in [0.4, 0.5) is 0 Å². The predicted molar refractivity (Wildman–Crippen MR) is 91.3 cm³/mol. The standard InChI is InChI=1S/C17H34N2O4/c1-18(2)12-14-22-16(20)10-8-6-5-7-9-11-17(21)23-15-13-19(3)4/h5-15H2,1-4H3. The van der Waals surface area contributed by atoms with E-state index in [9.17, 15) is 9.59 Å². The maximum atomic E-state index is 11.4. The molecular formula is C17H34N2O4. The Morgan fingerprint density at radius 2 is 1.00 bits per heavy atom. The van der Waals surface area contributed by atoms with E-state index in [1.165, 1.54) is 0 Å². The Kier molecular flexibility index (Phi) is 13.7. The van der Waals surface area contributed by atoms with Gasteiger partial charge in [-0.1, -0.05) is 19.3 Å². The van der Waals surface area contributed by atoms with Gasteiger partial charge in [-0.3, -0.25) is 9.59 Å². The Labute approximate surface area is 141 Å². The molecule has 0 aliphatic carbocycles. The topological polar surface area (TPSA) is 59.1 Å². The zero-order valence-corrected chi connectivity index (χ0v) is 15.3. The average Bonchev–Trinajstić information content (AvgIpc) is 2.45. The minimum Gasteiger partial charge on any atom is -0.464 e. The molecule has 6 heteroatoms. The second-order valence-electron chi connectivity index (χ2n) is 6.32. The van der Waals surface area contributed by atoms with Crippen LogP contribution < -0.4 is 0 Å². The second-order valence-corrected chi connectivity index (χ2v) is 6.32. The van der Waals surface area contributed by atoms with Crippen LogP contribution in [0.1, 0.15) is 44.9 Å². The van der Waals surface area contributed by atoms with E-state index in [1.54, 1.807) is 0 Å². The Balaban J connectivity index is 3.32. The van der Waals surface area contributed by atoms with Gasteiger partial charge in [-0.2, -0.15) is 0 Å². The molecule has 0 rings (SSSR count). The first-order chi connectivity index (χ1) is 10.9. The summed E-state index contributed by atoms with van der Waals surface area (Å²) in [6.07, 6.45) is 5.72. The van der Waals surface area contributed by atoms with Gasteiger partial charge in [0, 0.05) is 25.9 Å². The number of hydrogen-bond donors (Lipinski definition) is 0. The van der Waals surface area contributed by atoms with E-state index in [0.717, 1.165) is 45.2 Å². The number of nitrogens with zero attached hydrogens (tertiary/aromatic N) is 2. The van der Waals surface area contributed by atoms with Crippen LogP contribution in [0, 0.1) is 0 Å². The summed E-state index contributed by atoms with van der Waals surface area (Å²) in [5, 5.41) is 0. The van der Waals surface area contributed by atoms with Crippen molar-refractivity contribution < 1.29 is 19.1 Å². The van der Waals surface area contributed by atoms with E-state index >= 15 is 0 Å². The summed E-state index contributed by atoms with van der Waals surface area (Å²) in [5.74, 6) is -0.229. The molecule has 0 aromatic heterocycles. The van der Waals surface area contributed by atoms with Crippen LogP contribution in [0.3, 0.4) is 0 Å². The SMILES string of the molecule is CN(C)CCOC(=O)CCCCCCCC(=O)OCCN(C)C. The van der Waals surface area contributed by atoms with Gasteiger partial charge in [0.15, 0.2) is 0 Å². The van der Waals surface area contributed by atoms with Crippen molar-refractivity contribution in [2.45, 2.75) is 44.9 Å². The maximum absolute atomic E-state index is 11.4. The Morgan fingerprint density at radius 1 is 0.652 bits per heavy atom. The lowest BCUT2D eigenvalue weighted by Gasteiger charge is -2.10. The molecule has 0 radical (unpaired) electrons. The lowest BCUT2D eigenvalue weighted by molar-refractivity contribution is -0.144. The molecule has 23 heavy (non-hydrogen) atoms. The molecule has 0 aromatic rings. The van der Waals surface area contributed by atoms with Crippen molar-refractivity contribution in [1.82, 2.24) is 9.80 Å². The van der Waals surface area contributed by atoms with E-state index in [4.69, 9.17) is 9.47 Å². The molecule has 0 amide bonds. The minimum absolute atomic E-state index is 0.115. The van der Waals surface area contributed by atoms with Crippen molar-refractivity contribution in [1.29, 1.82) is 0 Å². The molecule has 0 unspecified atom stereocenters. The van der Waals surface area contributed by atoms with Crippen LogP contribution in [0.15, 0.2) is 0 Å². The van der Waals surface area contributed by atoms with E-state index in [1.807, 2.05) is 38.0 Å². The molecule has 0 N–H and O–H groups in total. The van der Waals surface area contributed by atoms with Crippen molar-refractivity contribution in [2.24, 2.45) is 0 Å². The lowest BCUT2D eigenvalue weighted by Crippen LogP contribution is -2.20. The highest BCUT2D eigenvalue weighted by Gasteiger charge is 2.04. The largest absolute Gasteiger partial charge is 0.464 e. The molecule has 0 bridgehead atoms. The van der Waals surface area contributed by atoms with Gasteiger partial charge in [0.05, 0.1) is 0 Å². The highest BCUT2D eigenvalue weighted by atomic mass is 16.5. The van der Waals surface area contributed by atoms with Crippen molar-refractivity contribution in [2.75, 3.05) is 54.5 Å². The summed E-state index contributed by atoms with van der Waals surface area (Å²) in [4.78, 5) is 26.9. The van der Waals surface area contributed by atoms with Crippen molar-refractivity contribution >= 4 is 11.9 Å². The predicted octanol–water partition coefficient (Wildman–Crippen LogP) is 1.93. The van der Waals surface area contributed by atoms with Crippen molar-refractivity contribution in [3.05, 3.63) is 0 Å². The van der Waals surface area contributed by atoms with Gasteiger partial charge in [-0.25, -0.2) is 0 Å². The highest BCUT2D eigenvalue weighted by Crippen LogP contribution is 2.08. The maximum Gasteiger partial charge on any atom is 0.305 e. The van der Waals surface area contributed by atoms with Crippen LogP contribution in [0.25, 0.3) is 0 Å². The Morgan fingerprint density at radius 3 is 1.35 bits per heavy atom. The number of carbonyl (C=O) groups is 2. The van der Waals surface area contributed by atoms with Gasteiger partial charge in [-0.15, -0.1) is 0 Å². The summed E-state index contributed by atoms with van der Waals surface area (Å²) in [5.41, 5.74) is 0. The number of likely N-dealkylation sites (N-methyl/N-ethyl adjacent to an activating group) is 2. The summed E-state index contributed by atoms with van der Waals surface area (Å²) in [6, 6.07) is 0. The normalized spacial score (nSPS) is 11.0. The van der Waals surface area contributed by atoms with E-state index in [0.29, 0.717) is 26.1 Å². The first kappa shape index (κ1) is 21.9. The number of unbranched alkanes of at least 4 members (excludes halogenated alkanes) is 4. The highest BCUT2D eigenvalue weighted by molar-refractivity contribution is 5.69. The van der Waals surface area contributed by atoms with Gasteiger partial charge in [0.25, 0.3) is 0 Å². The molecule has 0 saturated carbocycles. The van der Waals surface area contributed by atoms with Gasteiger partial charge >= 0.3 is 11.9 Å². The van der Waals surface area contributed by atoms with Crippen molar-refractivity contribution in [3.63, 3.8) is 0 Å². The summed E-state index contributed by atoms with van der Waals surface area (Å²) >= 11 is 0. The van der Waals surface area contributed by atoms with Crippen LogP contribution in [-0.4, -0.2) is 76.2 Å². The van der Waals surface area contributed by atoms with Crippen LogP contribution in [0.5, 0.6) is 0 Å². The molecule has 0 saturated heterocycles. The number of ether oxygens (including phenoxy) is 2. The molecule has 136 valence electrons. The fourth-order valence-electron chi connectivity index (χ4n) is 1.90. The zero-order valence-electron chi connectivity index (χ0n) is 15.3. The summed E-state index contributed by atoms with van der Waals surface area (Å²) in [6.45, 7) is 2.44. The van der Waals surface area contributed by atoms with Crippen LogP contribution in [-0.2, 0) is 19.1 Å². The third-order valence-electron chi connectivity index (χ3n) is 3.36. The number of hydrogen-bond acceptors (Lipinski definition) is 6. The van der Waals surface area contributed by atoms with Gasteiger partial charge in [0.1, 0.15) is 13.2 Å². The zero-order chi connectivity index (χ0) is 17.5. The number of rotatable bonds is 14. The van der Waals surface area contributed by atoms with E-state index < -0.39 is 0 Å². The first-order valence-electron chi connectivity index (χ1n) is 8.52. The van der Waals surface area contributed by atoms with E-state index in [2.05, 4.69) is 0 Å². The van der Waals surface area contributed by atoms with E-state index in [-0.39, 0.29) is 11.9 Å². The molecule has 0 heterocycles. The lowest BCUT2D eigenvalue weighted by atomic mass is 10.1. The summed E-state index contributed by atoms with van der Waals surface area (Å²) in [7, 11) is 7.80. The van der Waals surface area contributed by atoms with Crippen LogP contribution in [0.2, 0.25) is 0 Å². The number of esters is 2. The molecule has 0 aliphatic heterocycles. The first-order valence-corrected chi connectivity index (χ1v) is 8.52. The smallest absolute Gasteiger partial charge is 0.305 e. The molecule has 0 spiro atoms. The fraction of sp³-hybridized carbons (Fsp3) is 0.882. The molecule has 0 fully saturated rings. The molecule has 0 aromatic carbocycles. The van der Waals surface area contributed by atoms with Gasteiger partial charge in [-0.05, 0) is 41.0 Å². The third kappa shape index (κ3) is 17.1. The molecular weight excluding hydrogens is 296 g/mol. The third-order valence-corrected chi connectivity index (χ3v) is 3.36. The van der Waals surface area contributed by atoms with Gasteiger partial charge < -0.3 is 19.3 Å².